The first kappa shape index (κ1) is 13.4. The molecule has 2 heterocycles. The van der Waals surface area contributed by atoms with E-state index >= 15 is 0 Å². The van der Waals surface area contributed by atoms with E-state index in [9.17, 15) is 4.79 Å². The third-order valence-corrected chi connectivity index (χ3v) is 4.40. The van der Waals surface area contributed by atoms with Gasteiger partial charge in [-0.15, -0.1) is 11.8 Å². The number of rotatable bonds is 4. The third kappa shape index (κ3) is 2.84. The number of carbonyl (C=O) groups excluding carboxylic acids is 1. The highest BCUT2D eigenvalue weighted by molar-refractivity contribution is 8.01. The molecule has 0 aromatic carbocycles. The third-order valence-electron chi connectivity index (χ3n) is 3.00. The number of amides is 1. The van der Waals surface area contributed by atoms with E-state index in [0.717, 1.165) is 18.7 Å². The van der Waals surface area contributed by atoms with E-state index in [1.165, 1.54) is 0 Å². The molecule has 2 unspecified atom stereocenters. The lowest BCUT2D eigenvalue weighted by Gasteiger charge is -2.25. The van der Waals surface area contributed by atoms with Gasteiger partial charge in [-0.05, 0) is 27.1 Å². The Kier molecular flexibility index (Phi) is 4.24. The molecule has 5 heteroatoms. The first-order valence-electron chi connectivity index (χ1n) is 6.10. The van der Waals surface area contributed by atoms with Gasteiger partial charge in [0.05, 0.1) is 5.25 Å². The van der Waals surface area contributed by atoms with Gasteiger partial charge in [-0.2, -0.15) is 0 Å². The summed E-state index contributed by atoms with van der Waals surface area (Å²) in [5, 5.41) is 0.151. The first-order chi connectivity index (χ1) is 8.59. The molecule has 1 aliphatic rings. The average molecular weight is 265 g/mol. The number of aromatic nitrogens is 1. The largest absolute Gasteiger partial charge is 0.324 e. The lowest BCUT2D eigenvalue weighted by molar-refractivity contribution is -0.129. The van der Waals surface area contributed by atoms with E-state index in [4.69, 9.17) is 0 Å². The summed E-state index contributed by atoms with van der Waals surface area (Å²) in [5.41, 5.74) is 1.11. The number of thioether (sulfide) groups is 1. The minimum absolute atomic E-state index is 0.0392. The van der Waals surface area contributed by atoms with Gasteiger partial charge in [-0.25, -0.2) is 0 Å². The summed E-state index contributed by atoms with van der Waals surface area (Å²) in [6.07, 6.45) is 3.62. The van der Waals surface area contributed by atoms with Gasteiger partial charge < -0.3 is 9.80 Å². The zero-order chi connectivity index (χ0) is 13.1. The molecule has 0 spiro atoms. The summed E-state index contributed by atoms with van der Waals surface area (Å²) >= 11 is 1.70. The molecule has 4 nitrogen and oxygen atoms in total. The Morgan fingerprint density at radius 2 is 2.28 bits per heavy atom. The highest BCUT2D eigenvalue weighted by atomic mass is 32.2. The fraction of sp³-hybridized carbons (Fsp3) is 0.538. The van der Waals surface area contributed by atoms with Crippen LogP contribution in [0, 0.1) is 0 Å². The lowest BCUT2D eigenvalue weighted by atomic mass is 10.2. The van der Waals surface area contributed by atoms with Crippen molar-refractivity contribution < 1.29 is 4.79 Å². The van der Waals surface area contributed by atoms with Crippen molar-refractivity contribution >= 4 is 17.7 Å². The second-order valence-electron chi connectivity index (χ2n) is 4.75. The number of likely N-dealkylation sites (N-methyl/N-ethyl adjacent to an activating group) is 1. The van der Waals surface area contributed by atoms with Crippen molar-refractivity contribution in [2.24, 2.45) is 0 Å². The van der Waals surface area contributed by atoms with Crippen LogP contribution in [0.25, 0.3) is 0 Å². The van der Waals surface area contributed by atoms with Gasteiger partial charge in [-0.1, -0.05) is 6.07 Å². The predicted molar refractivity (Wildman–Crippen MR) is 74.3 cm³/mol. The molecule has 2 rings (SSSR count). The minimum atomic E-state index is 0.0392. The van der Waals surface area contributed by atoms with Gasteiger partial charge in [0.2, 0.25) is 5.91 Å². The predicted octanol–water partition coefficient (Wildman–Crippen LogP) is 1.61. The van der Waals surface area contributed by atoms with E-state index in [1.54, 1.807) is 18.0 Å². The average Bonchev–Trinajstić information content (AvgIpc) is 2.64. The second kappa shape index (κ2) is 5.71. The Balaban J connectivity index is 2.15. The fourth-order valence-electron chi connectivity index (χ4n) is 1.99. The van der Waals surface area contributed by atoms with Crippen LogP contribution in [0.5, 0.6) is 0 Å². The Labute approximate surface area is 112 Å². The molecular formula is C13H19N3OS. The normalized spacial score (nSPS) is 24.0. The fourth-order valence-corrected chi connectivity index (χ4v) is 3.28. The number of hydrogen-bond donors (Lipinski definition) is 0. The molecule has 0 N–H and O–H groups in total. The van der Waals surface area contributed by atoms with Gasteiger partial charge >= 0.3 is 0 Å². The second-order valence-corrected chi connectivity index (χ2v) is 6.18. The summed E-state index contributed by atoms with van der Waals surface area (Å²) in [7, 11) is 4.05. The van der Waals surface area contributed by atoms with Gasteiger partial charge in [-0.3, -0.25) is 9.78 Å². The van der Waals surface area contributed by atoms with Crippen LogP contribution in [0.3, 0.4) is 0 Å². The maximum atomic E-state index is 12.2. The zero-order valence-electron chi connectivity index (χ0n) is 11.0. The highest BCUT2D eigenvalue weighted by Crippen LogP contribution is 2.42. The molecule has 0 saturated carbocycles. The summed E-state index contributed by atoms with van der Waals surface area (Å²) in [6, 6.07) is 3.96. The minimum Gasteiger partial charge on any atom is -0.324 e. The molecule has 1 aromatic rings. The van der Waals surface area contributed by atoms with Crippen molar-refractivity contribution in [3.63, 3.8) is 0 Å². The van der Waals surface area contributed by atoms with Crippen molar-refractivity contribution in [1.29, 1.82) is 0 Å². The molecule has 1 aromatic heterocycles. The number of carbonyl (C=O) groups is 1. The summed E-state index contributed by atoms with van der Waals surface area (Å²) in [6.45, 7) is 3.63. The van der Waals surface area contributed by atoms with Crippen LogP contribution in [0.1, 0.15) is 17.9 Å². The van der Waals surface area contributed by atoms with Crippen LogP contribution in [-0.4, -0.2) is 53.1 Å². The van der Waals surface area contributed by atoms with Crippen molar-refractivity contribution in [1.82, 2.24) is 14.8 Å². The molecule has 0 aliphatic carbocycles. The van der Waals surface area contributed by atoms with Crippen LogP contribution in [0.2, 0.25) is 0 Å². The zero-order valence-corrected chi connectivity index (χ0v) is 11.9. The topological polar surface area (TPSA) is 36.4 Å². The number of hydrogen-bond acceptors (Lipinski definition) is 4. The first-order valence-corrected chi connectivity index (χ1v) is 7.04. The van der Waals surface area contributed by atoms with E-state index in [1.807, 2.05) is 44.2 Å². The molecule has 1 saturated heterocycles. The highest BCUT2D eigenvalue weighted by Gasteiger charge is 2.38. The van der Waals surface area contributed by atoms with E-state index in [0.29, 0.717) is 0 Å². The van der Waals surface area contributed by atoms with Gasteiger partial charge in [0.25, 0.3) is 0 Å². The van der Waals surface area contributed by atoms with Crippen molar-refractivity contribution in [2.75, 3.05) is 27.2 Å². The van der Waals surface area contributed by atoms with Crippen molar-refractivity contribution in [3.05, 3.63) is 30.1 Å². The van der Waals surface area contributed by atoms with Crippen LogP contribution < -0.4 is 0 Å². The molecule has 1 amide bonds. The van der Waals surface area contributed by atoms with E-state index < -0.39 is 0 Å². The standard InChI is InChI=1S/C13H19N3OS/c1-10-12(17)16(8-7-15(2)3)13(18-10)11-5-4-6-14-9-11/h4-6,9-10,13H,7-8H2,1-3H3. The molecule has 1 aliphatic heterocycles. The maximum Gasteiger partial charge on any atom is 0.236 e. The smallest absolute Gasteiger partial charge is 0.236 e. The Hall–Kier alpha value is -1.07. The number of pyridine rings is 1. The van der Waals surface area contributed by atoms with Crippen molar-refractivity contribution in [3.8, 4) is 0 Å². The van der Waals surface area contributed by atoms with Crippen LogP contribution >= 0.6 is 11.8 Å². The van der Waals surface area contributed by atoms with Gasteiger partial charge in [0, 0.05) is 31.0 Å². The molecule has 1 fully saturated rings. The quantitative estimate of drug-likeness (QED) is 0.828. The van der Waals surface area contributed by atoms with Crippen LogP contribution in [-0.2, 0) is 4.79 Å². The Morgan fingerprint density at radius 1 is 1.50 bits per heavy atom. The molecule has 0 bridgehead atoms. The molecule has 0 radical (unpaired) electrons. The Bertz CT molecular complexity index is 410. The molecular weight excluding hydrogens is 246 g/mol. The monoisotopic (exact) mass is 265 g/mol. The van der Waals surface area contributed by atoms with Gasteiger partial charge in [0.15, 0.2) is 0 Å². The summed E-state index contributed by atoms with van der Waals surface area (Å²) in [5.74, 6) is 0.232. The van der Waals surface area contributed by atoms with E-state index in [-0.39, 0.29) is 16.5 Å². The lowest BCUT2D eigenvalue weighted by Crippen LogP contribution is -2.36. The molecule has 18 heavy (non-hydrogen) atoms. The number of nitrogens with zero attached hydrogens (tertiary/aromatic N) is 3. The summed E-state index contributed by atoms with van der Waals surface area (Å²) < 4.78 is 0. The molecule has 2 atom stereocenters. The molecule has 98 valence electrons. The SMILES string of the molecule is CC1SC(c2cccnc2)N(CCN(C)C)C1=O. The van der Waals surface area contributed by atoms with E-state index in [2.05, 4.69) is 9.88 Å². The maximum absolute atomic E-state index is 12.2. The van der Waals surface area contributed by atoms with Gasteiger partial charge in [0.1, 0.15) is 5.37 Å². The van der Waals surface area contributed by atoms with Crippen molar-refractivity contribution in [2.45, 2.75) is 17.5 Å². The summed E-state index contributed by atoms with van der Waals surface area (Å²) in [4.78, 5) is 20.4. The Morgan fingerprint density at radius 3 is 2.89 bits per heavy atom. The van der Waals surface area contributed by atoms with Crippen LogP contribution in [0.15, 0.2) is 24.5 Å². The van der Waals surface area contributed by atoms with Crippen LogP contribution in [0.4, 0.5) is 0 Å².